The highest BCUT2D eigenvalue weighted by Crippen LogP contribution is 2.31. The molecule has 2 atom stereocenters. The Balaban J connectivity index is 2.07. The number of hydrogen-bond donors (Lipinski definition) is 1. The van der Waals surface area contributed by atoms with Crippen LogP contribution in [0.1, 0.15) is 38.2 Å². The van der Waals surface area contributed by atoms with Crippen molar-refractivity contribution in [1.82, 2.24) is 4.90 Å². The lowest BCUT2D eigenvalue weighted by molar-refractivity contribution is -0.138. The molecule has 0 heterocycles. The first-order valence-corrected chi connectivity index (χ1v) is 7.89. The summed E-state index contributed by atoms with van der Waals surface area (Å²) < 4.78 is 13.3. The smallest absolute Gasteiger partial charge is 0.226 e. The van der Waals surface area contributed by atoms with Gasteiger partial charge in [0.25, 0.3) is 0 Å². The molecule has 3 nitrogen and oxygen atoms in total. The van der Waals surface area contributed by atoms with E-state index in [0.29, 0.717) is 25.6 Å². The van der Waals surface area contributed by atoms with Crippen molar-refractivity contribution in [3.63, 3.8) is 0 Å². The summed E-state index contributed by atoms with van der Waals surface area (Å²) in [5.74, 6) is 0.260. The number of benzene rings is 1. The van der Waals surface area contributed by atoms with Crippen molar-refractivity contribution in [2.75, 3.05) is 13.1 Å². The van der Waals surface area contributed by atoms with E-state index < -0.39 is 0 Å². The molecule has 1 amide bonds. The number of carbonyl (C=O) groups is 1. The molecular formula is C17H25FN2O. The van der Waals surface area contributed by atoms with Gasteiger partial charge in [-0.25, -0.2) is 4.39 Å². The average molecular weight is 292 g/mol. The molecule has 2 unspecified atom stereocenters. The summed E-state index contributed by atoms with van der Waals surface area (Å²) in [5, 5.41) is 0. The lowest BCUT2D eigenvalue weighted by atomic mass is 9.78. The topological polar surface area (TPSA) is 46.3 Å². The average Bonchev–Trinajstić information content (AvgIpc) is 2.52. The Morgan fingerprint density at radius 2 is 2.14 bits per heavy atom. The van der Waals surface area contributed by atoms with Crippen molar-refractivity contribution < 1.29 is 9.18 Å². The molecule has 1 aliphatic rings. The monoisotopic (exact) mass is 292 g/mol. The second-order valence-corrected chi connectivity index (χ2v) is 5.87. The molecule has 1 aromatic carbocycles. The third-order valence-corrected chi connectivity index (χ3v) is 4.48. The fraction of sp³-hybridized carbons (Fsp3) is 0.588. The van der Waals surface area contributed by atoms with Gasteiger partial charge < -0.3 is 10.6 Å². The molecule has 2 N–H and O–H groups in total. The number of amides is 1. The zero-order valence-corrected chi connectivity index (χ0v) is 12.7. The lowest BCUT2D eigenvalue weighted by Crippen LogP contribution is -2.41. The molecule has 0 aliphatic heterocycles. The van der Waals surface area contributed by atoms with Gasteiger partial charge >= 0.3 is 0 Å². The zero-order valence-electron chi connectivity index (χ0n) is 12.7. The van der Waals surface area contributed by atoms with Crippen LogP contribution >= 0.6 is 0 Å². The molecule has 1 fully saturated rings. The summed E-state index contributed by atoms with van der Waals surface area (Å²) in [6.07, 6.45) is 4.25. The molecule has 0 spiro atoms. The molecule has 0 aromatic heterocycles. The van der Waals surface area contributed by atoms with Gasteiger partial charge in [-0.15, -0.1) is 0 Å². The third kappa shape index (κ3) is 4.03. The van der Waals surface area contributed by atoms with Crippen molar-refractivity contribution >= 4 is 5.91 Å². The first kappa shape index (κ1) is 16.0. The van der Waals surface area contributed by atoms with Crippen LogP contribution in [0.3, 0.4) is 0 Å². The Morgan fingerprint density at radius 3 is 2.81 bits per heavy atom. The van der Waals surface area contributed by atoms with Crippen LogP contribution in [-0.4, -0.2) is 23.9 Å². The molecule has 1 saturated carbocycles. The summed E-state index contributed by atoms with van der Waals surface area (Å²) in [4.78, 5) is 14.6. The number of hydrogen-bond acceptors (Lipinski definition) is 2. The number of carbonyl (C=O) groups excluding carboxylic acids is 1. The van der Waals surface area contributed by atoms with E-state index in [1.165, 1.54) is 18.6 Å². The van der Waals surface area contributed by atoms with Gasteiger partial charge in [-0.05, 0) is 49.9 Å². The summed E-state index contributed by atoms with van der Waals surface area (Å²) in [7, 11) is 0. The highest BCUT2D eigenvalue weighted by Gasteiger charge is 2.32. The summed E-state index contributed by atoms with van der Waals surface area (Å²) in [5.41, 5.74) is 6.66. The van der Waals surface area contributed by atoms with Crippen molar-refractivity contribution in [2.45, 2.75) is 39.2 Å². The summed E-state index contributed by atoms with van der Waals surface area (Å²) >= 11 is 0. The molecular weight excluding hydrogens is 267 g/mol. The van der Waals surface area contributed by atoms with Crippen LogP contribution in [-0.2, 0) is 11.3 Å². The molecule has 0 bridgehead atoms. The maximum Gasteiger partial charge on any atom is 0.226 e. The molecule has 116 valence electrons. The van der Waals surface area contributed by atoms with Crippen molar-refractivity contribution in [3.05, 3.63) is 35.6 Å². The van der Waals surface area contributed by atoms with E-state index in [1.807, 2.05) is 17.9 Å². The van der Waals surface area contributed by atoms with Crippen molar-refractivity contribution in [3.8, 4) is 0 Å². The normalized spacial score (nSPS) is 22.0. The zero-order chi connectivity index (χ0) is 15.2. The van der Waals surface area contributed by atoms with Crippen LogP contribution in [0, 0.1) is 17.7 Å². The predicted octanol–water partition coefficient (Wildman–Crippen LogP) is 2.94. The van der Waals surface area contributed by atoms with Gasteiger partial charge in [0.15, 0.2) is 0 Å². The van der Waals surface area contributed by atoms with E-state index in [9.17, 15) is 9.18 Å². The maximum absolute atomic E-state index is 13.3. The second kappa shape index (κ2) is 7.55. The van der Waals surface area contributed by atoms with E-state index in [0.717, 1.165) is 24.8 Å². The molecule has 2 rings (SSSR count). The largest absolute Gasteiger partial charge is 0.338 e. The SMILES string of the molecule is CCN(Cc1cccc(F)c1)C(=O)C1CCCCC1CN. The van der Waals surface area contributed by atoms with Crippen molar-refractivity contribution in [2.24, 2.45) is 17.6 Å². The number of nitrogens with two attached hydrogens (primary N) is 1. The van der Waals surface area contributed by atoms with Crippen LogP contribution in [0.25, 0.3) is 0 Å². The highest BCUT2D eigenvalue weighted by molar-refractivity contribution is 5.79. The van der Waals surface area contributed by atoms with Crippen LogP contribution in [0.5, 0.6) is 0 Å². The summed E-state index contributed by atoms with van der Waals surface area (Å²) in [6.45, 7) is 3.66. The van der Waals surface area contributed by atoms with Gasteiger partial charge in [0, 0.05) is 19.0 Å². The first-order chi connectivity index (χ1) is 10.2. The number of nitrogens with zero attached hydrogens (tertiary/aromatic N) is 1. The van der Waals surface area contributed by atoms with E-state index in [-0.39, 0.29) is 17.6 Å². The minimum absolute atomic E-state index is 0.0391. The second-order valence-electron chi connectivity index (χ2n) is 5.87. The van der Waals surface area contributed by atoms with Gasteiger partial charge in [-0.2, -0.15) is 0 Å². The Labute approximate surface area is 126 Å². The predicted molar refractivity (Wildman–Crippen MR) is 82.0 cm³/mol. The lowest BCUT2D eigenvalue weighted by Gasteiger charge is -2.34. The van der Waals surface area contributed by atoms with E-state index in [2.05, 4.69) is 0 Å². The first-order valence-electron chi connectivity index (χ1n) is 7.89. The summed E-state index contributed by atoms with van der Waals surface area (Å²) in [6, 6.07) is 6.47. The molecule has 1 aromatic rings. The van der Waals surface area contributed by atoms with Gasteiger partial charge in [0.1, 0.15) is 5.82 Å². The Kier molecular flexibility index (Phi) is 5.74. The quantitative estimate of drug-likeness (QED) is 0.907. The Bertz CT molecular complexity index is 478. The van der Waals surface area contributed by atoms with E-state index in [1.54, 1.807) is 6.07 Å². The molecule has 21 heavy (non-hydrogen) atoms. The minimum atomic E-state index is -0.256. The fourth-order valence-corrected chi connectivity index (χ4v) is 3.25. The number of halogens is 1. The van der Waals surface area contributed by atoms with Crippen LogP contribution in [0.4, 0.5) is 4.39 Å². The standard InChI is InChI=1S/C17H25FN2O/c1-2-20(12-13-6-5-8-15(18)10-13)17(21)16-9-4-3-7-14(16)11-19/h5-6,8,10,14,16H,2-4,7,9,11-12,19H2,1H3. The van der Waals surface area contributed by atoms with E-state index >= 15 is 0 Å². The molecule has 0 saturated heterocycles. The van der Waals surface area contributed by atoms with Crippen LogP contribution in [0.2, 0.25) is 0 Å². The maximum atomic E-state index is 13.3. The van der Waals surface area contributed by atoms with Crippen molar-refractivity contribution in [1.29, 1.82) is 0 Å². The Hall–Kier alpha value is -1.42. The van der Waals surface area contributed by atoms with Crippen LogP contribution in [0.15, 0.2) is 24.3 Å². The molecule has 4 heteroatoms. The number of rotatable bonds is 5. The van der Waals surface area contributed by atoms with Gasteiger partial charge in [-0.3, -0.25) is 4.79 Å². The third-order valence-electron chi connectivity index (χ3n) is 4.48. The molecule has 0 radical (unpaired) electrons. The fourth-order valence-electron chi connectivity index (χ4n) is 3.25. The van der Waals surface area contributed by atoms with E-state index in [4.69, 9.17) is 5.73 Å². The van der Waals surface area contributed by atoms with Gasteiger partial charge in [-0.1, -0.05) is 25.0 Å². The Morgan fingerprint density at radius 1 is 1.38 bits per heavy atom. The van der Waals surface area contributed by atoms with Gasteiger partial charge in [0.2, 0.25) is 5.91 Å². The van der Waals surface area contributed by atoms with Crippen LogP contribution < -0.4 is 5.73 Å². The molecule has 1 aliphatic carbocycles. The van der Waals surface area contributed by atoms with Gasteiger partial charge in [0.05, 0.1) is 0 Å². The minimum Gasteiger partial charge on any atom is -0.338 e. The highest BCUT2D eigenvalue weighted by atomic mass is 19.1.